The van der Waals surface area contributed by atoms with Crippen molar-refractivity contribution in [2.45, 2.75) is 33.1 Å². The summed E-state index contributed by atoms with van der Waals surface area (Å²) in [4.78, 5) is 15.5. The van der Waals surface area contributed by atoms with Crippen LogP contribution in [0.2, 0.25) is 0 Å². The molecule has 0 unspecified atom stereocenters. The Hall–Kier alpha value is -1.06. The van der Waals surface area contributed by atoms with E-state index in [9.17, 15) is 4.79 Å². The van der Waals surface area contributed by atoms with Crippen LogP contribution in [-0.2, 0) is 9.63 Å². The van der Waals surface area contributed by atoms with Crippen molar-refractivity contribution in [3.05, 3.63) is 0 Å². The van der Waals surface area contributed by atoms with Crippen molar-refractivity contribution in [1.82, 2.24) is 0 Å². The number of hydrogen-bond donors (Lipinski definition) is 1. The number of hydrogen-bond acceptors (Lipinski definition) is 3. The van der Waals surface area contributed by atoms with Crippen LogP contribution in [-0.4, -0.2) is 18.2 Å². The van der Waals surface area contributed by atoms with Crippen molar-refractivity contribution in [2.24, 2.45) is 10.9 Å². The van der Waals surface area contributed by atoms with Gasteiger partial charge in [-0.3, -0.25) is 4.79 Å². The topological polar surface area (TPSA) is 64.7 Å². The van der Waals surface area contributed by atoms with Gasteiger partial charge in [-0.1, -0.05) is 18.5 Å². The second-order valence-corrected chi connectivity index (χ2v) is 2.42. The molecule has 0 aromatic heterocycles. The average Bonchev–Trinajstić information content (AvgIpc) is 2.04. The molecule has 0 bridgehead atoms. The summed E-state index contributed by atoms with van der Waals surface area (Å²) in [6, 6.07) is 0. The summed E-state index contributed by atoms with van der Waals surface area (Å²) in [5, 5.41) is 3.62. The fraction of sp³-hybridized carbons (Fsp3) is 0.750. The zero-order valence-corrected chi connectivity index (χ0v) is 7.67. The normalized spacial score (nSPS) is 11.3. The minimum absolute atomic E-state index is 0.332. The molecular weight excluding hydrogens is 156 g/mol. The third-order valence-electron chi connectivity index (χ3n) is 1.36. The van der Waals surface area contributed by atoms with E-state index in [0.29, 0.717) is 18.7 Å². The lowest BCUT2D eigenvalue weighted by atomic mass is 10.2. The van der Waals surface area contributed by atoms with Crippen LogP contribution in [0.25, 0.3) is 0 Å². The number of oxime groups is 1. The van der Waals surface area contributed by atoms with Crippen LogP contribution in [0.4, 0.5) is 0 Å². The van der Waals surface area contributed by atoms with Crippen molar-refractivity contribution in [2.75, 3.05) is 6.61 Å². The van der Waals surface area contributed by atoms with Crippen LogP contribution >= 0.6 is 0 Å². The summed E-state index contributed by atoms with van der Waals surface area (Å²) in [5.74, 6) is -0.489. The third-order valence-corrected chi connectivity index (χ3v) is 1.36. The molecule has 0 rings (SSSR count). The highest BCUT2D eigenvalue weighted by Crippen LogP contribution is 1.97. The maximum atomic E-state index is 10.7. The molecule has 0 aromatic rings. The summed E-state index contributed by atoms with van der Waals surface area (Å²) in [7, 11) is 0. The molecular formula is C8H16N2O2. The smallest absolute Gasteiger partial charge is 0.266 e. The first-order chi connectivity index (χ1) is 5.72. The van der Waals surface area contributed by atoms with Crippen LogP contribution in [0, 0.1) is 0 Å². The van der Waals surface area contributed by atoms with Gasteiger partial charge < -0.3 is 10.6 Å². The molecule has 0 fully saturated rings. The molecule has 70 valence electrons. The van der Waals surface area contributed by atoms with Crippen molar-refractivity contribution in [1.29, 1.82) is 0 Å². The van der Waals surface area contributed by atoms with Gasteiger partial charge in [0.15, 0.2) is 0 Å². The van der Waals surface area contributed by atoms with Crippen molar-refractivity contribution < 1.29 is 9.63 Å². The van der Waals surface area contributed by atoms with Gasteiger partial charge in [0, 0.05) is 0 Å². The van der Waals surface area contributed by atoms with E-state index in [1.165, 1.54) is 0 Å². The lowest BCUT2D eigenvalue weighted by Gasteiger charge is -1.99. The Morgan fingerprint density at radius 2 is 2.17 bits per heavy atom. The van der Waals surface area contributed by atoms with Crippen molar-refractivity contribution in [3.63, 3.8) is 0 Å². The second kappa shape index (κ2) is 6.64. The number of nitrogens with two attached hydrogens (primary N) is 1. The molecule has 0 heterocycles. The van der Waals surface area contributed by atoms with Gasteiger partial charge in [-0.05, 0) is 19.8 Å². The standard InChI is InChI=1S/C8H16N2O2/c1-3-5-6-7(8(9)11)10-12-4-2/h3-6H2,1-2H3,(H2,9,11). The summed E-state index contributed by atoms with van der Waals surface area (Å²) in [6.45, 7) is 4.31. The monoisotopic (exact) mass is 172 g/mol. The minimum atomic E-state index is -0.489. The van der Waals surface area contributed by atoms with Crippen LogP contribution in [0.1, 0.15) is 33.1 Å². The van der Waals surface area contributed by atoms with Gasteiger partial charge in [-0.25, -0.2) is 0 Å². The van der Waals surface area contributed by atoms with Gasteiger partial charge >= 0.3 is 0 Å². The second-order valence-electron chi connectivity index (χ2n) is 2.42. The third kappa shape index (κ3) is 4.71. The maximum absolute atomic E-state index is 10.7. The van der Waals surface area contributed by atoms with E-state index in [1.807, 2.05) is 13.8 Å². The predicted molar refractivity (Wildman–Crippen MR) is 47.8 cm³/mol. The highest BCUT2D eigenvalue weighted by Gasteiger charge is 2.06. The molecule has 0 aliphatic rings. The van der Waals surface area contributed by atoms with E-state index in [1.54, 1.807) is 0 Å². The summed E-state index contributed by atoms with van der Waals surface area (Å²) in [5.41, 5.74) is 5.40. The van der Waals surface area contributed by atoms with Crippen LogP contribution in [0.3, 0.4) is 0 Å². The Labute approximate surface area is 72.8 Å². The molecule has 0 saturated heterocycles. The fourth-order valence-corrected chi connectivity index (χ4v) is 0.701. The number of amides is 1. The molecule has 0 radical (unpaired) electrons. The average molecular weight is 172 g/mol. The lowest BCUT2D eigenvalue weighted by Crippen LogP contribution is -2.23. The van der Waals surface area contributed by atoms with Crippen LogP contribution in [0.15, 0.2) is 5.16 Å². The zero-order chi connectivity index (χ0) is 9.40. The van der Waals surface area contributed by atoms with Gasteiger partial charge in [-0.15, -0.1) is 0 Å². The molecule has 1 amide bonds. The first-order valence-corrected chi connectivity index (χ1v) is 4.21. The molecule has 0 atom stereocenters. The molecule has 0 spiro atoms. The molecule has 2 N–H and O–H groups in total. The van der Waals surface area contributed by atoms with Gasteiger partial charge in [0.05, 0.1) is 0 Å². The van der Waals surface area contributed by atoms with E-state index < -0.39 is 5.91 Å². The molecule has 0 aliphatic carbocycles. The van der Waals surface area contributed by atoms with E-state index in [2.05, 4.69) is 5.16 Å². The Morgan fingerprint density at radius 1 is 1.50 bits per heavy atom. The summed E-state index contributed by atoms with van der Waals surface area (Å²) in [6.07, 6.45) is 2.53. The Balaban J connectivity index is 3.94. The van der Waals surface area contributed by atoms with E-state index in [-0.39, 0.29) is 0 Å². The Kier molecular flexibility index (Phi) is 6.05. The number of unbranched alkanes of at least 4 members (excludes halogenated alkanes) is 1. The predicted octanol–water partition coefficient (Wildman–Crippen LogP) is 1.05. The van der Waals surface area contributed by atoms with Crippen LogP contribution in [0.5, 0.6) is 0 Å². The zero-order valence-electron chi connectivity index (χ0n) is 7.67. The van der Waals surface area contributed by atoms with Gasteiger partial charge in [0.1, 0.15) is 12.3 Å². The largest absolute Gasteiger partial charge is 0.396 e. The molecule has 12 heavy (non-hydrogen) atoms. The van der Waals surface area contributed by atoms with Crippen molar-refractivity contribution >= 4 is 11.6 Å². The Bertz CT molecular complexity index is 166. The first kappa shape index (κ1) is 10.9. The van der Waals surface area contributed by atoms with Gasteiger partial charge in [-0.2, -0.15) is 0 Å². The van der Waals surface area contributed by atoms with Crippen molar-refractivity contribution in [3.8, 4) is 0 Å². The highest BCUT2D eigenvalue weighted by molar-refractivity contribution is 6.38. The maximum Gasteiger partial charge on any atom is 0.266 e. The molecule has 0 aromatic carbocycles. The molecule has 4 heteroatoms. The quantitative estimate of drug-likeness (QED) is 0.481. The van der Waals surface area contributed by atoms with E-state index >= 15 is 0 Å². The SMILES string of the molecule is CCCCC(=NOCC)C(N)=O. The number of carbonyl (C=O) groups excluding carboxylic acids is 1. The first-order valence-electron chi connectivity index (χ1n) is 4.21. The number of rotatable bonds is 6. The Morgan fingerprint density at radius 3 is 2.58 bits per heavy atom. The molecule has 0 aliphatic heterocycles. The summed E-state index contributed by atoms with van der Waals surface area (Å²) < 4.78 is 0. The van der Waals surface area contributed by atoms with Gasteiger partial charge in [0.25, 0.3) is 5.91 Å². The lowest BCUT2D eigenvalue weighted by molar-refractivity contribution is -0.112. The molecule has 4 nitrogen and oxygen atoms in total. The number of nitrogens with zero attached hydrogens (tertiary/aromatic N) is 1. The molecule has 0 saturated carbocycles. The van der Waals surface area contributed by atoms with E-state index in [0.717, 1.165) is 12.8 Å². The fourth-order valence-electron chi connectivity index (χ4n) is 0.701. The van der Waals surface area contributed by atoms with E-state index in [4.69, 9.17) is 10.6 Å². The number of carbonyl (C=O) groups is 1. The van der Waals surface area contributed by atoms with Crippen LogP contribution < -0.4 is 5.73 Å². The van der Waals surface area contributed by atoms with Gasteiger partial charge in [0.2, 0.25) is 0 Å². The number of primary amides is 1. The summed E-state index contributed by atoms with van der Waals surface area (Å²) >= 11 is 0. The minimum Gasteiger partial charge on any atom is -0.396 e. The highest BCUT2D eigenvalue weighted by atomic mass is 16.6.